The van der Waals surface area contributed by atoms with E-state index in [4.69, 9.17) is 21.6 Å². The van der Waals surface area contributed by atoms with Crippen LogP contribution >= 0.6 is 22.9 Å². The van der Waals surface area contributed by atoms with E-state index in [1.165, 1.54) is 11.3 Å². The van der Waals surface area contributed by atoms with Gasteiger partial charge in [0.1, 0.15) is 11.9 Å². The molecule has 2 unspecified atom stereocenters. The van der Waals surface area contributed by atoms with Gasteiger partial charge in [-0.05, 0) is 31.8 Å². The molecule has 2 N–H and O–H groups in total. The number of thiophene rings is 1. The van der Waals surface area contributed by atoms with Crippen molar-refractivity contribution in [3.63, 3.8) is 0 Å². The fourth-order valence-corrected chi connectivity index (χ4v) is 5.65. The van der Waals surface area contributed by atoms with E-state index in [2.05, 4.69) is 17.0 Å². The molecule has 9 heteroatoms. The minimum absolute atomic E-state index is 0.00675. The Morgan fingerprint density at radius 2 is 2.24 bits per heavy atom. The molecule has 1 aromatic carbocycles. The molecular weight excluding hydrogens is 460 g/mol. The molecule has 3 heterocycles. The van der Waals surface area contributed by atoms with Gasteiger partial charge in [-0.3, -0.25) is 9.79 Å². The first-order valence-corrected chi connectivity index (χ1v) is 12.0. The molecule has 0 bridgehead atoms. The van der Waals surface area contributed by atoms with Gasteiger partial charge in [-0.1, -0.05) is 17.7 Å². The zero-order valence-electron chi connectivity index (χ0n) is 18.3. The maximum Gasteiger partial charge on any atom is 0.264 e. The third-order valence-corrected chi connectivity index (χ3v) is 7.32. The molecule has 2 atom stereocenters. The molecule has 0 radical (unpaired) electrons. The third-order valence-electron chi connectivity index (χ3n) is 5.84. The minimum atomic E-state index is -0.894. The monoisotopic (exact) mass is 484 g/mol. The van der Waals surface area contributed by atoms with Gasteiger partial charge in [0, 0.05) is 59.2 Å². The van der Waals surface area contributed by atoms with Crippen LogP contribution in [0.1, 0.15) is 40.3 Å². The lowest BCUT2D eigenvalue weighted by Gasteiger charge is -2.29. The Kier molecular flexibility index (Phi) is 7.15. The molecule has 4 rings (SSSR count). The van der Waals surface area contributed by atoms with Gasteiger partial charge in [0.15, 0.2) is 6.10 Å². The van der Waals surface area contributed by atoms with Gasteiger partial charge in [0.05, 0.1) is 23.1 Å². The summed E-state index contributed by atoms with van der Waals surface area (Å²) in [7, 11) is 0. The molecule has 2 aliphatic heterocycles. The average molecular weight is 485 g/mol. The van der Waals surface area contributed by atoms with Gasteiger partial charge >= 0.3 is 0 Å². The van der Waals surface area contributed by atoms with Crippen molar-refractivity contribution in [3.8, 4) is 11.8 Å². The Bertz CT molecular complexity index is 1150. The minimum Gasteiger partial charge on any atom is -0.479 e. The van der Waals surface area contributed by atoms with E-state index in [1.54, 1.807) is 6.07 Å². The summed E-state index contributed by atoms with van der Waals surface area (Å²) in [5.74, 6) is 0.631. The Morgan fingerprint density at radius 1 is 1.48 bits per heavy atom. The molecule has 2 aliphatic rings. The summed E-state index contributed by atoms with van der Waals surface area (Å²) >= 11 is 7.83. The van der Waals surface area contributed by atoms with E-state index in [0.717, 1.165) is 34.7 Å². The number of aliphatic hydroxyl groups is 1. The molecular formula is C24H25ClN4O3S. The molecule has 33 heavy (non-hydrogen) atoms. The maximum absolute atomic E-state index is 13.1. The number of piperazine rings is 1. The second-order valence-corrected chi connectivity index (χ2v) is 9.45. The normalized spacial score (nSPS) is 18.9. The first-order valence-electron chi connectivity index (χ1n) is 10.8. The number of carbonyl (C=O) groups is 1. The summed E-state index contributed by atoms with van der Waals surface area (Å²) < 4.78 is 6.23. The molecule has 1 amide bonds. The van der Waals surface area contributed by atoms with Crippen molar-refractivity contribution in [2.75, 3.05) is 26.2 Å². The largest absolute Gasteiger partial charge is 0.479 e. The summed E-state index contributed by atoms with van der Waals surface area (Å²) in [6.07, 6.45) is 0.914. The highest BCUT2D eigenvalue weighted by Crippen LogP contribution is 2.46. The first-order chi connectivity index (χ1) is 16.0. The molecule has 0 saturated carbocycles. The second kappa shape index (κ2) is 10.1. The Hall–Kier alpha value is -2.70. The summed E-state index contributed by atoms with van der Waals surface area (Å²) in [5, 5.41) is 23.1. The number of amides is 1. The predicted octanol–water partition coefficient (Wildman–Crippen LogP) is 3.87. The van der Waals surface area contributed by atoms with Crippen molar-refractivity contribution in [3.05, 3.63) is 50.2 Å². The topological polar surface area (TPSA) is 98.0 Å². The number of benzene rings is 1. The number of hydrogen-bond donors (Lipinski definition) is 2. The Labute approximate surface area is 202 Å². The number of allylic oxidation sites excluding steroid dienone is 1. The smallest absolute Gasteiger partial charge is 0.264 e. The summed E-state index contributed by atoms with van der Waals surface area (Å²) in [5.41, 5.74) is 3.09. The van der Waals surface area contributed by atoms with Crippen LogP contribution in [0.3, 0.4) is 0 Å². The zero-order valence-corrected chi connectivity index (χ0v) is 19.9. The lowest BCUT2D eigenvalue weighted by atomic mass is 9.98. The van der Waals surface area contributed by atoms with Crippen LogP contribution in [0.2, 0.25) is 5.02 Å². The highest BCUT2D eigenvalue weighted by Gasteiger charge is 2.35. The number of nitrogens with one attached hydrogen (secondary N) is 1. The zero-order chi connectivity index (χ0) is 23.5. The van der Waals surface area contributed by atoms with E-state index in [9.17, 15) is 9.90 Å². The fraction of sp³-hybridized carbons (Fsp3) is 0.375. The molecule has 1 fully saturated rings. The quantitative estimate of drug-likeness (QED) is 0.606. The fourth-order valence-electron chi connectivity index (χ4n) is 4.22. The Balaban J connectivity index is 1.69. The van der Waals surface area contributed by atoms with Gasteiger partial charge in [-0.25, -0.2) is 0 Å². The van der Waals surface area contributed by atoms with Crippen LogP contribution < -0.4 is 10.1 Å². The van der Waals surface area contributed by atoms with Crippen LogP contribution in [-0.2, 0) is 11.2 Å². The highest BCUT2D eigenvalue weighted by molar-refractivity contribution is 7.13. The summed E-state index contributed by atoms with van der Waals surface area (Å²) in [6, 6.07) is 7.41. The Morgan fingerprint density at radius 3 is 2.91 bits per heavy atom. The van der Waals surface area contributed by atoms with Crippen LogP contribution in [0.25, 0.3) is 5.57 Å². The number of ether oxygens (including phenoxy) is 1. The lowest BCUT2D eigenvalue weighted by molar-refractivity contribution is -0.138. The molecule has 1 saturated heterocycles. The third kappa shape index (κ3) is 4.68. The lowest BCUT2D eigenvalue weighted by Crippen LogP contribution is -2.50. The van der Waals surface area contributed by atoms with Crippen LogP contribution in [0.5, 0.6) is 5.75 Å². The number of aliphatic hydroxyl groups excluding tert-OH is 1. The number of aliphatic imine (C=N–C) groups is 1. The highest BCUT2D eigenvalue weighted by atomic mass is 35.5. The number of hydrogen-bond acceptors (Lipinski definition) is 7. The van der Waals surface area contributed by atoms with Gasteiger partial charge in [0.2, 0.25) is 0 Å². The number of fused-ring (bicyclic) bond motifs is 1. The van der Waals surface area contributed by atoms with E-state index in [0.29, 0.717) is 40.8 Å². The number of carbonyl (C=O) groups excluding carboxylic acids is 1. The number of halogens is 1. The molecule has 0 spiro atoms. The molecule has 7 nitrogen and oxygen atoms in total. The van der Waals surface area contributed by atoms with Gasteiger partial charge in [-0.2, -0.15) is 5.26 Å². The molecule has 0 aliphatic carbocycles. The van der Waals surface area contributed by atoms with Crippen LogP contribution in [0.4, 0.5) is 5.69 Å². The standard InChI is InChI=1S/C24H25ClN4O3S/c1-3-16(23-18(27-2)13-21(33-23)19(30)4-5-26)17-12-15(25)10-14-11-20(32-22(14)17)24(31)29-8-6-28-7-9-29/h3,10,12-13,19-20,28,30H,2,4,6-9,11H2,1H3/b16-3-. The van der Waals surface area contributed by atoms with Crippen LogP contribution in [0.15, 0.2) is 29.3 Å². The van der Waals surface area contributed by atoms with Crippen molar-refractivity contribution >= 4 is 46.8 Å². The van der Waals surface area contributed by atoms with E-state index in [1.807, 2.05) is 36.1 Å². The number of rotatable bonds is 6. The van der Waals surface area contributed by atoms with E-state index in [-0.39, 0.29) is 12.3 Å². The van der Waals surface area contributed by atoms with Gasteiger partial charge in [-0.15, -0.1) is 11.3 Å². The summed E-state index contributed by atoms with van der Waals surface area (Å²) in [6.45, 7) is 8.46. The van der Waals surface area contributed by atoms with E-state index >= 15 is 0 Å². The van der Waals surface area contributed by atoms with Crippen molar-refractivity contribution in [2.24, 2.45) is 4.99 Å². The van der Waals surface area contributed by atoms with Crippen molar-refractivity contribution in [1.82, 2.24) is 10.2 Å². The number of nitrogens with zero attached hydrogens (tertiary/aromatic N) is 3. The SMILES string of the molecule is C=Nc1cc(C(O)CC#N)sc1/C(=C\C)c1cc(Cl)cc2c1OC(C(=O)N1CCNCC1)C2. The molecule has 1 aromatic heterocycles. The van der Waals surface area contributed by atoms with Crippen molar-refractivity contribution in [1.29, 1.82) is 5.26 Å². The molecule has 172 valence electrons. The van der Waals surface area contributed by atoms with Gasteiger partial charge in [0.25, 0.3) is 5.91 Å². The van der Waals surface area contributed by atoms with Crippen molar-refractivity contribution in [2.45, 2.75) is 32.0 Å². The second-order valence-electron chi connectivity index (χ2n) is 7.93. The predicted molar refractivity (Wildman–Crippen MR) is 130 cm³/mol. The molecule has 2 aromatic rings. The first kappa shape index (κ1) is 23.5. The van der Waals surface area contributed by atoms with E-state index < -0.39 is 12.2 Å². The van der Waals surface area contributed by atoms with Gasteiger partial charge < -0.3 is 20.1 Å². The van der Waals surface area contributed by atoms with Crippen LogP contribution in [0, 0.1) is 11.3 Å². The maximum atomic E-state index is 13.1. The number of nitriles is 1. The van der Waals surface area contributed by atoms with Crippen LogP contribution in [-0.4, -0.2) is 54.9 Å². The van der Waals surface area contributed by atoms with Crippen molar-refractivity contribution < 1.29 is 14.6 Å². The summed E-state index contributed by atoms with van der Waals surface area (Å²) in [4.78, 5) is 20.5. The average Bonchev–Trinajstić information content (AvgIpc) is 3.44.